The lowest BCUT2D eigenvalue weighted by atomic mass is 9.76. The monoisotopic (exact) mass is 452 g/mol. The first-order valence-electron chi connectivity index (χ1n) is 11.5. The van der Waals surface area contributed by atoms with E-state index in [1.807, 2.05) is 43.0 Å². The summed E-state index contributed by atoms with van der Waals surface area (Å²) < 4.78 is 11.1. The van der Waals surface area contributed by atoms with Crippen LogP contribution in [-0.4, -0.2) is 60.7 Å². The van der Waals surface area contributed by atoms with Crippen LogP contribution < -0.4 is 4.74 Å². The molecule has 4 rings (SSSR count). The molecule has 0 radical (unpaired) electrons. The summed E-state index contributed by atoms with van der Waals surface area (Å²) >= 11 is 0. The van der Waals surface area contributed by atoms with Gasteiger partial charge in [0.1, 0.15) is 11.5 Å². The number of piperazine rings is 1. The number of hydrogen-bond donors (Lipinski definition) is 0. The normalized spacial score (nSPS) is 17.6. The Morgan fingerprint density at radius 3 is 2.30 bits per heavy atom. The molecule has 1 aliphatic heterocycles. The molecule has 1 aromatic heterocycles. The summed E-state index contributed by atoms with van der Waals surface area (Å²) in [5.41, 5.74) is 2.17. The number of rotatable bonds is 5. The highest BCUT2D eigenvalue weighted by atomic mass is 16.5. The van der Waals surface area contributed by atoms with Crippen molar-refractivity contribution >= 4 is 17.6 Å². The number of furan rings is 1. The Labute approximate surface area is 194 Å². The van der Waals surface area contributed by atoms with E-state index < -0.39 is 0 Å². The Balaban J connectivity index is 1.34. The molecule has 0 N–H and O–H groups in total. The zero-order valence-corrected chi connectivity index (χ0v) is 19.9. The SMILES string of the molecule is COc1ccc(CCC(=O)N2CCN(C(=O)c3oc4c(c3C)C(=O)CC(C)(C)C4)CC2)cc1. The molecule has 2 heterocycles. The van der Waals surface area contributed by atoms with E-state index in [0.29, 0.717) is 68.7 Å². The van der Waals surface area contributed by atoms with Gasteiger partial charge in [0.15, 0.2) is 11.5 Å². The van der Waals surface area contributed by atoms with Crippen molar-refractivity contribution in [2.45, 2.75) is 46.5 Å². The molecule has 1 aliphatic carbocycles. The van der Waals surface area contributed by atoms with E-state index in [9.17, 15) is 14.4 Å². The molecule has 0 atom stereocenters. The van der Waals surface area contributed by atoms with Gasteiger partial charge in [0.2, 0.25) is 5.91 Å². The number of benzene rings is 1. The number of carbonyl (C=O) groups is 3. The molecular formula is C26H32N2O5. The van der Waals surface area contributed by atoms with Gasteiger partial charge in [-0.1, -0.05) is 26.0 Å². The highest BCUT2D eigenvalue weighted by Gasteiger charge is 2.38. The molecule has 1 fully saturated rings. The molecule has 1 aromatic carbocycles. The van der Waals surface area contributed by atoms with Crippen LogP contribution in [0.5, 0.6) is 5.75 Å². The quantitative estimate of drug-likeness (QED) is 0.692. The third-order valence-electron chi connectivity index (χ3n) is 6.68. The number of methoxy groups -OCH3 is 1. The smallest absolute Gasteiger partial charge is 0.289 e. The Hall–Kier alpha value is -3.09. The average Bonchev–Trinajstić information content (AvgIpc) is 3.12. The molecule has 0 bridgehead atoms. The van der Waals surface area contributed by atoms with Crippen LogP contribution in [-0.2, 0) is 17.6 Å². The summed E-state index contributed by atoms with van der Waals surface area (Å²) in [7, 11) is 1.63. The summed E-state index contributed by atoms with van der Waals surface area (Å²) in [5.74, 6) is 1.64. The van der Waals surface area contributed by atoms with Crippen molar-refractivity contribution in [3.63, 3.8) is 0 Å². The summed E-state index contributed by atoms with van der Waals surface area (Å²) in [4.78, 5) is 42.0. The highest BCUT2D eigenvalue weighted by Crippen LogP contribution is 2.38. The number of amides is 2. The van der Waals surface area contributed by atoms with Crippen molar-refractivity contribution < 1.29 is 23.5 Å². The second kappa shape index (κ2) is 9.04. The van der Waals surface area contributed by atoms with E-state index >= 15 is 0 Å². The lowest BCUT2D eigenvalue weighted by Gasteiger charge is -2.34. The number of aryl methyl sites for hydroxylation is 1. The molecular weight excluding hydrogens is 420 g/mol. The fourth-order valence-electron chi connectivity index (χ4n) is 4.79. The van der Waals surface area contributed by atoms with Crippen molar-refractivity contribution in [1.29, 1.82) is 0 Å². The van der Waals surface area contributed by atoms with E-state index in [4.69, 9.17) is 9.15 Å². The predicted molar refractivity (Wildman–Crippen MR) is 124 cm³/mol. The van der Waals surface area contributed by atoms with Gasteiger partial charge < -0.3 is 19.0 Å². The van der Waals surface area contributed by atoms with Crippen LogP contribution >= 0.6 is 0 Å². The highest BCUT2D eigenvalue weighted by molar-refractivity contribution is 6.03. The Morgan fingerprint density at radius 2 is 1.67 bits per heavy atom. The number of nitrogens with zero attached hydrogens (tertiary/aromatic N) is 2. The molecule has 1 saturated heterocycles. The summed E-state index contributed by atoms with van der Waals surface area (Å²) in [6.45, 7) is 7.78. The number of ketones is 1. The molecule has 2 aliphatic rings. The van der Waals surface area contributed by atoms with Crippen molar-refractivity contribution in [3.8, 4) is 5.75 Å². The fraction of sp³-hybridized carbons (Fsp3) is 0.500. The lowest BCUT2D eigenvalue weighted by Crippen LogP contribution is -2.50. The zero-order valence-electron chi connectivity index (χ0n) is 19.9. The van der Waals surface area contributed by atoms with Crippen molar-refractivity contribution in [3.05, 3.63) is 52.5 Å². The Bertz CT molecular complexity index is 1060. The van der Waals surface area contributed by atoms with Gasteiger partial charge in [-0.3, -0.25) is 14.4 Å². The number of Topliss-reactive ketones (excluding diaryl/α,β-unsaturated/α-hetero) is 1. The maximum Gasteiger partial charge on any atom is 0.289 e. The molecule has 2 amide bonds. The number of fused-ring (bicyclic) bond motifs is 1. The van der Waals surface area contributed by atoms with Gasteiger partial charge in [0.25, 0.3) is 5.91 Å². The molecule has 2 aromatic rings. The first-order chi connectivity index (χ1) is 15.7. The van der Waals surface area contributed by atoms with Crippen molar-refractivity contribution in [2.24, 2.45) is 5.41 Å². The molecule has 33 heavy (non-hydrogen) atoms. The molecule has 0 unspecified atom stereocenters. The molecule has 176 valence electrons. The van der Waals surface area contributed by atoms with E-state index in [-0.39, 0.29) is 28.8 Å². The van der Waals surface area contributed by atoms with E-state index in [0.717, 1.165) is 11.3 Å². The van der Waals surface area contributed by atoms with Gasteiger partial charge >= 0.3 is 0 Å². The van der Waals surface area contributed by atoms with Crippen LogP contribution in [0.2, 0.25) is 0 Å². The standard InChI is InChI=1S/C26H32N2O5/c1-17-23-20(29)15-26(2,3)16-21(23)33-24(17)25(31)28-13-11-27(12-14-28)22(30)10-7-18-5-8-19(32-4)9-6-18/h5-6,8-9H,7,10-16H2,1-4H3. The summed E-state index contributed by atoms with van der Waals surface area (Å²) in [6.07, 6.45) is 2.22. The molecule has 7 nitrogen and oxygen atoms in total. The van der Waals surface area contributed by atoms with Gasteiger partial charge in [0.05, 0.1) is 12.7 Å². The Morgan fingerprint density at radius 1 is 1.03 bits per heavy atom. The van der Waals surface area contributed by atoms with Crippen LogP contribution in [0, 0.1) is 12.3 Å². The molecule has 0 spiro atoms. The third kappa shape index (κ3) is 4.82. The molecule has 7 heteroatoms. The number of ether oxygens (including phenoxy) is 1. The van der Waals surface area contributed by atoms with E-state index in [1.54, 1.807) is 18.9 Å². The maximum absolute atomic E-state index is 13.2. The second-order valence-electron chi connectivity index (χ2n) is 9.82. The first kappa shape index (κ1) is 23.1. The van der Waals surface area contributed by atoms with E-state index in [2.05, 4.69) is 0 Å². The topological polar surface area (TPSA) is 80.1 Å². The van der Waals surface area contributed by atoms with Crippen LogP contribution in [0.4, 0.5) is 0 Å². The maximum atomic E-state index is 13.2. The van der Waals surface area contributed by atoms with Crippen LogP contribution in [0.25, 0.3) is 0 Å². The third-order valence-corrected chi connectivity index (χ3v) is 6.68. The van der Waals surface area contributed by atoms with Gasteiger partial charge in [-0.25, -0.2) is 0 Å². The average molecular weight is 453 g/mol. The van der Waals surface area contributed by atoms with Gasteiger partial charge in [-0.05, 0) is 36.5 Å². The minimum atomic E-state index is -0.196. The van der Waals surface area contributed by atoms with Gasteiger partial charge in [0, 0.05) is 51.0 Å². The van der Waals surface area contributed by atoms with Crippen molar-refractivity contribution in [1.82, 2.24) is 9.80 Å². The fourth-order valence-corrected chi connectivity index (χ4v) is 4.79. The van der Waals surface area contributed by atoms with Crippen LogP contribution in [0.3, 0.4) is 0 Å². The number of carbonyl (C=O) groups excluding carboxylic acids is 3. The minimum absolute atomic E-state index is 0.0498. The van der Waals surface area contributed by atoms with Gasteiger partial charge in [-0.15, -0.1) is 0 Å². The zero-order chi connectivity index (χ0) is 23.8. The van der Waals surface area contributed by atoms with Crippen LogP contribution in [0.1, 0.15) is 64.5 Å². The largest absolute Gasteiger partial charge is 0.497 e. The summed E-state index contributed by atoms with van der Waals surface area (Å²) in [5, 5.41) is 0. The summed E-state index contributed by atoms with van der Waals surface area (Å²) in [6, 6.07) is 7.74. The predicted octanol–water partition coefficient (Wildman–Crippen LogP) is 3.67. The van der Waals surface area contributed by atoms with Crippen molar-refractivity contribution in [2.75, 3.05) is 33.3 Å². The lowest BCUT2D eigenvalue weighted by molar-refractivity contribution is -0.132. The number of hydrogen-bond acceptors (Lipinski definition) is 5. The second-order valence-corrected chi connectivity index (χ2v) is 9.82. The first-order valence-corrected chi connectivity index (χ1v) is 11.5. The Kier molecular flexibility index (Phi) is 6.32. The minimum Gasteiger partial charge on any atom is -0.497 e. The van der Waals surface area contributed by atoms with Crippen LogP contribution in [0.15, 0.2) is 28.7 Å². The molecule has 0 saturated carbocycles. The van der Waals surface area contributed by atoms with Gasteiger partial charge in [-0.2, -0.15) is 0 Å². The van der Waals surface area contributed by atoms with E-state index in [1.165, 1.54) is 0 Å².